The number of nitrogens with zero attached hydrogens (tertiary/aromatic N) is 2. The number of hydrogen-bond acceptors (Lipinski definition) is 6. The molecule has 0 aliphatic rings. The van der Waals surface area contributed by atoms with E-state index in [-0.39, 0.29) is 17.7 Å². The first-order valence-corrected chi connectivity index (χ1v) is 7.34. The topological polar surface area (TPSA) is 54.9 Å². The van der Waals surface area contributed by atoms with Crippen LogP contribution in [0.1, 0.15) is 6.92 Å². The summed E-state index contributed by atoms with van der Waals surface area (Å²) in [6.45, 7) is 2.08. The standard InChI is InChI=1S/C9H11N3OS3/c1-4-5-10-7(13)6(2)15-9-12-11-8(14-3)16-9/h1,6H,5H2,2-3H3,(H,10,13). The number of terminal acetylenes is 1. The lowest BCUT2D eigenvalue weighted by molar-refractivity contribution is -0.120. The molecule has 1 amide bonds. The molecule has 0 saturated carbocycles. The summed E-state index contributed by atoms with van der Waals surface area (Å²) in [5.74, 6) is 2.28. The predicted molar refractivity (Wildman–Crippen MR) is 68.9 cm³/mol. The van der Waals surface area contributed by atoms with E-state index in [4.69, 9.17) is 6.42 Å². The molecule has 0 aliphatic carbocycles. The molecule has 0 aliphatic heterocycles. The van der Waals surface area contributed by atoms with E-state index in [0.29, 0.717) is 0 Å². The van der Waals surface area contributed by atoms with Crippen LogP contribution in [0.15, 0.2) is 8.68 Å². The zero-order valence-corrected chi connectivity index (χ0v) is 11.3. The van der Waals surface area contributed by atoms with Gasteiger partial charge in [-0.2, -0.15) is 0 Å². The van der Waals surface area contributed by atoms with Gasteiger partial charge in [0.2, 0.25) is 5.91 Å². The van der Waals surface area contributed by atoms with Crippen molar-refractivity contribution in [3.63, 3.8) is 0 Å². The number of hydrogen-bond donors (Lipinski definition) is 1. The Morgan fingerprint density at radius 2 is 2.31 bits per heavy atom. The Kier molecular flexibility index (Phi) is 5.66. The van der Waals surface area contributed by atoms with Crippen LogP contribution in [0, 0.1) is 12.3 Å². The summed E-state index contributed by atoms with van der Waals surface area (Å²) in [5, 5.41) is 10.4. The predicted octanol–water partition coefficient (Wildman–Crippen LogP) is 1.49. The van der Waals surface area contributed by atoms with E-state index in [1.54, 1.807) is 11.8 Å². The SMILES string of the molecule is C#CCNC(=O)C(C)Sc1nnc(SC)s1. The van der Waals surface area contributed by atoms with Gasteiger partial charge in [-0.15, -0.1) is 16.6 Å². The maximum Gasteiger partial charge on any atom is 0.234 e. The molecule has 0 aromatic carbocycles. The monoisotopic (exact) mass is 273 g/mol. The highest BCUT2D eigenvalue weighted by atomic mass is 32.2. The minimum absolute atomic E-state index is 0.0798. The molecule has 1 rings (SSSR count). The molecular formula is C9H11N3OS3. The van der Waals surface area contributed by atoms with Crippen molar-refractivity contribution in [2.75, 3.05) is 12.8 Å². The van der Waals surface area contributed by atoms with Crippen LogP contribution in [0.25, 0.3) is 0 Å². The van der Waals surface area contributed by atoms with Crippen molar-refractivity contribution in [1.29, 1.82) is 0 Å². The van der Waals surface area contributed by atoms with Crippen molar-refractivity contribution in [1.82, 2.24) is 15.5 Å². The van der Waals surface area contributed by atoms with Crippen LogP contribution in [0.5, 0.6) is 0 Å². The van der Waals surface area contributed by atoms with Gasteiger partial charge in [-0.05, 0) is 13.2 Å². The molecule has 1 N–H and O–H groups in total. The maximum atomic E-state index is 11.5. The lowest BCUT2D eigenvalue weighted by Gasteiger charge is -2.07. The molecule has 0 bridgehead atoms. The summed E-state index contributed by atoms with van der Waals surface area (Å²) >= 11 is 4.42. The second kappa shape index (κ2) is 6.78. The van der Waals surface area contributed by atoms with Crippen molar-refractivity contribution in [3.8, 4) is 12.3 Å². The Labute approximate surface area is 107 Å². The van der Waals surface area contributed by atoms with Crippen molar-refractivity contribution in [2.24, 2.45) is 0 Å². The van der Waals surface area contributed by atoms with Crippen molar-refractivity contribution in [3.05, 3.63) is 0 Å². The Balaban J connectivity index is 2.47. The molecule has 4 nitrogen and oxygen atoms in total. The molecule has 0 saturated heterocycles. The number of carbonyl (C=O) groups excluding carboxylic acids is 1. The minimum Gasteiger partial charge on any atom is -0.344 e. The van der Waals surface area contributed by atoms with E-state index in [1.165, 1.54) is 23.1 Å². The average Bonchev–Trinajstić information content (AvgIpc) is 2.73. The summed E-state index contributed by atoms with van der Waals surface area (Å²) in [5.41, 5.74) is 0. The number of aromatic nitrogens is 2. The molecular weight excluding hydrogens is 262 g/mol. The molecule has 7 heteroatoms. The third-order valence-electron chi connectivity index (χ3n) is 1.57. The lowest BCUT2D eigenvalue weighted by atomic mass is 10.4. The van der Waals surface area contributed by atoms with E-state index in [2.05, 4.69) is 21.4 Å². The Hall–Kier alpha value is -0.710. The summed E-state index contributed by atoms with van der Waals surface area (Å²) in [6.07, 6.45) is 7.00. The average molecular weight is 273 g/mol. The van der Waals surface area contributed by atoms with Gasteiger partial charge in [0.05, 0.1) is 11.8 Å². The highest BCUT2D eigenvalue weighted by Gasteiger charge is 2.16. The first kappa shape index (κ1) is 13.4. The molecule has 0 radical (unpaired) electrons. The number of nitrogens with one attached hydrogen (secondary N) is 1. The smallest absolute Gasteiger partial charge is 0.234 e. The number of carbonyl (C=O) groups is 1. The van der Waals surface area contributed by atoms with E-state index in [1.807, 2.05) is 13.2 Å². The Morgan fingerprint density at radius 1 is 1.62 bits per heavy atom. The van der Waals surface area contributed by atoms with E-state index in [9.17, 15) is 4.79 Å². The first-order valence-electron chi connectivity index (χ1n) is 4.42. The van der Waals surface area contributed by atoms with Crippen molar-refractivity contribution >= 4 is 40.8 Å². The fourth-order valence-electron chi connectivity index (χ4n) is 0.814. The van der Waals surface area contributed by atoms with Gasteiger partial charge in [0, 0.05) is 0 Å². The Morgan fingerprint density at radius 3 is 2.88 bits per heavy atom. The molecule has 16 heavy (non-hydrogen) atoms. The van der Waals surface area contributed by atoms with Gasteiger partial charge in [-0.3, -0.25) is 4.79 Å². The third kappa shape index (κ3) is 4.04. The number of rotatable bonds is 5. The van der Waals surface area contributed by atoms with Crippen LogP contribution in [0.3, 0.4) is 0 Å². The Bertz CT molecular complexity index is 399. The summed E-state index contributed by atoms with van der Waals surface area (Å²) in [7, 11) is 0. The molecule has 0 spiro atoms. The highest BCUT2D eigenvalue weighted by Crippen LogP contribution is 2.29. The zero-order valence-electron chi connectivity index (χ0n) is 8.89. The lowest BCUT2D eigenvalue weighted by Crippen LogP contribution is -2.30. The van der Waals surface area contributed by atoms with E-state index >= 15 is 0 Å². The van der Waals surface area contributed by atoms with E-state index in [0.717, 1.165) is 8.68 Å². The van der Waals surface area contributed by atoms with Gasteiger partial charge in [0.25, 0.3) is 0 Å². The zero-order chi connectivity index (χ0) is 12.0. The quantitative estimate of drug-likeness (QED) is 0.651. The van der Waals surface area contributed by atoms with Gasteiger partial charge < -0.3 is 5.32 Å². The number of thioether (sulfide) groups is 2. The largest absolute Gasteiger partial charge is 0.344 e. The first-order chi connectivity index (χ1) is 7.67. The second-order valence-electron chi connectivity index (χ2n) is 2.72. The van der Waals surface area contributed by atoms with Crippen LogP contribution < -0.4 is 5.32 Å². The van der Waals surface area contributed by atoms with Gasteiger partial charge in [-0.1, -0.05) is 40.8 Å². The van der Waals surface area contributed by atoms with Gasteiger partial charge in [0.15, 0.2) is 8.68 Å². The van der Waals surface area contributed by atoms with Crippen molar-refractivity contribution < 1.29 is 4.79 Å². The normalized spacial score (nSPS) is 11.8. The molecule has 0 fully saturated rings. The molecule has 1 aromatic rings. The van der Waals surface area contributed by atoms with Crippen LogP contribution in [-0.2, 0) is 4.79 Å². The molecule has 1 heterocycles. The summed E-state index contributed by atoms with van der Waals surface area (Å²) in [4.78, 5) is 11.5. The maximum absolute atomic E-state index is 11.5. The van der Waals surface area contributed by atoms with Crippen LogP contribution in [-0.4, -0.2) is 34.2 Å². The fourth-order valence-corrected chi connectivity index (χ4v) is 3.42. The van der Waals surface area contributed by atoms with Crippen LogP contribution >= 0.6 is 34.9 Å². The van der Waals surface area contributed by atoms with Gasteiger partial charge in [-0.25, -0.2) is 0 Å². The highest BCUT2D eigenvalue weighted by molar-refractivity contribution is 8.03. The van der Waals surface area contributed by atoms with Crippen LogP contribution in [0.4, 0.5) is 0 Å². The fraction of sp³-hybridized carbons (Fsp3) is 0.444. The summed E-state index contributed by atoms with van der Waals surface area (Å²) < 4.78 is 1.70. The molecule has 86 valence electrons. The number of amides is 1. The second-order valence-corrected chi connectivity index (χ2v) is 6.34. The van der Waals surface area contributed by atoms with Crippen molar-refractivity contribution in [2.45, 2.75) is 20.9 Å². The van der Waals surface area contributed by atoms with Crippen LogP contribution in [0.2, 0.25) is 0 Å². The summed E-state index contributed by atoms with van der Waals surface area (Å²) in [6, 6.07) is 0. The molecule has 1 aromatic heterocycles. The third-order valence-corrected chi connectivity index (χ3v) is 4.66. The molecule has 1 atom stereocenters. The minimum atomic E-state index is -0.212. The molecule has 1 unspecified atom stereocenters. The van der Waals surface area contributed by atoms with E-state index < -0.39 is 0 Å². The van der Waals surface area contributed by atoms with Gasteiger partial charge >= 0.3 is 0 Å². The van der Waals surface area contributed by atoms with Gasteiger partial charge in [0.1, 0.15) is 0 Å².